The minimum absolute atomic E-state index is 0.710. The molecule has 2 aliphatic rings. The average molecular weight is 270 g/mol. The van der Waals surface area contributed by atoms with Crippen LogP contribution in [0.2, 0.25) is 0 Å². The lowest BCUT2D eigenvalue weighted by Gasteiger charge is -2.24. The second-order valence-corrected chi connectivity index (χ2v) is 6.29. The number of rotatable bonds is 2. The van der Waals surface area contributed by atoms with E-state index < -0.39 is 0 Å². The van der Waals surface area contributed by atoms with E-state index in [0.29, 0.717) is 6.04 Å². The Morgan fingerprint density at radius 2 is 2.20 bits per heavy atom. The molecule has 106 valence electrons. The highest BCUT2D eigenvalue weighted by Crippen LogP contribution is 2.30. The highest BCUT2D eigenvalue weighted by molar-refractivity contribution is 5.82. The number of piperidine rings is 1. The first-order valence-corrected chi connectivity index (χ1v) is 7.74. The summed E-state index contributed by atoms with van der Waals surface area (Å²) in [5.74, 6) is 1.93. The molecule has 20 heavy (non-hydrogen) atoms. The van der Waals surface area contributed by atoms with Crippen molar-refractivity contribution in [2.24, 2.45) is 5.92 Å². The standard InChI is InChI=1S/C17H22N2O/c1-12-15(14-6-2-3-7-17(14)20-12)10-19-9-13-5-4-8-18-16(13)11-19/h2-3,6-7,13,16,18H,4-5,8-11H2,1H3. The van der Waals surface area contributed by atoms with E-state index >= 15 is 0 Å². The van der Waals surface area contributed by atoms with Crippen LogP contribution in [0, 0.1) is 12.8 Å². The van der Waals surface area contributed by atoms with E-state index in [4.69, 9.17) is 4.42 Å². The quantitative estimate of drug-likeness (QED) is 0.909. The third-order valence-corrected chi connectivity index (χ3v) is 4.96. The number of fused-ring (bicyclic) bond motifs is 2. The summed E-state index contributed by atoms with van der Waals surface area (Å²) >= 11 is 0. The molecule has 1 N–H and O–H groups in total. The smallest absolute Gasteiger partial charge is 0.134 e. The van der Waals surface area contributed by atoms with Crippen molar-refractivity contribution in [3.05, 3.63) is 35.6 Å². The van der Waals surface area contributed by atoms with Crippen LogP contribution in [0.1, 0.15) is 24.2 Å². The van der Waals surface area contributed by atoms with Crippen LogP contribution in [0.5, 0.6) is 0 Å². The number of aryl methyl sites for hydroxylation is 1. The van der Waals surface area contributed by atoms with E-state index in [1.165, 1.54) is 43.4 Å². The molecule has 0 bridgehead atoms. The highest BCUT2D eigenvalue weighted by atomic mass is 16.3. The summed E-state index contributed by atoms with van der Waals surface area (Å²) in [4.78, 5) is 2.60. The van der Waals surface area contributed by atoms with Crippen molar-refractivity contribution in [3.63, 3.8) is 0 Å². The van der Waals surface area contributed by atoms with Crippen molar-refractivity contribution in [1.82, 2.24) is 10.2 Å². The lowest BCUT2D eigenvalue weighted by molar-refractivity contribution is 0.311. The number of likely N-dealkylation sites (tertiary alicyclic amines) is 1. The van der Waals surface area contributed by atoms with E-state index in [-0.39, 0.29) is 0 Å². The van der Waals surface area contributed by atoms with Gasteiger partial charge in [0.15, 0.2) is 0 Å². The molecule has 2 aromatic rings. The number of nitrogens with one attached hydrogen (secondary N) is 1. The lowest BCUT2D eigenvalue weighted by Crippen LogP contribution is -2.40. The third kappa shape index (κ3) is 2.05. The van der Waals surface area contributed by atoms with Crippen LogP contribution in [-0.2, 0) is 6.54 Å². The summed E-state index contributed by atoms with van der Waals surface area (Å²) in [6.07, 6.45) is 2.72. The van der Waals surface area contributed by atoms with E-state index in [1.807, 2.05) is 6.07 Å². The van der Waals surface area contributed by atoms with Crippen LogP contribution >= 0.6 is 0 Å². The Bertz CT molecular complexity index is 604. The Morgan fingerprint density at radius 3 is 3.10 bits per heavy atom. The van der Waals surface area contributed by atoms with Gasteiger partial charge in [-0.2, -0.15) is 0 Å². The van der Waals surface area contributed by atoms with Gasteiger partial charge in [0, 0.05) is 36.6 Å². The number of hydrogen-bond acceptors (Lipinski definition) is 3. The van der Waals surface area contributed by atoms with E-state index in [9.17, 15) is 0 Å². The largest absolute Gasteiger partial charge is 0.461 e. The molecule has 0 aliphatic carbocycles. The predicted octanol–water partition coefficient (Wildman–Crippen LogP) is 2.93. The number of furan rings is 1. The first-order valence-electron chi connectivity index (χ1n) is 7.74. The van der Waals surface area contributed by atoms with Gasteiger partial charge < -0.3 is 9.73 Å². The van der Waals surface area contributed by atoms with Gasteiger partial charge in [-0.1, -0.05) is 18.2 Å². The van der Waals surface area contributed by atoms with Gasteiger partial charge in [0.2, 0.25) is 0 Å². The maximum Gasteiger partial charge on any atom is 0.134 e. The van der Waals surface area contributed by atoms with Crippen molar-refractivity contribution in [1.29, 1.82) is 0 Å². The van der Waals surface area contributed by atoms with Crippen molar-refractivity contribution < 1.29 is 4.42 Å². The molecule has 2 saturated heterocycles. The fraction of sp³-hybridized carbons (Fsp3) is 0.529. The zero-order valence-corrected chi connectivity index (χ0v) is 12.1. The van der Waals surface area contributed by atoms with Crippen molar-refractivity contribution in [2.75, 3.05) is 19.6 Å². The maximum atomic E-state index is 5.89. The summed E-state index contributed by atoms with van der Waals surface area (Å²) in [5, 5.41) is 4.96. The van der Waals surface area contributed by atoms with Crippen LogP contribution in [0.25, 0.3) is 11.0 Å². The molecule has 3 heterocycles. The number of nitrogens with zero attached hydrogens (tertiary/aromatic N) is 1. The molecule has 0 saturated carbocycles. The fourth-order valence-electron chi connectivity index (χ4n) is 3.91. The Morgan fingerprint density at radius 1 is 1.30 bits per heavy atom. The molecule has 0 amide bonds. The normalized spacial score (nSPS) is 27.1. The maximum absolute atomic E-state index is 5.89. The SMILES string of the molecule is Cc1oc2ccccc2c1CN1CC2CCCNC2C1. The van der Waals surface area contributed by atoms with Gasteiger partial charge in [0.1, 0.15) is 11.3 Å². The fourth-order valence-corrected chi connectivity index (χ4v) is 3.91. The van der Waals surface area contributed by atoms with Gasteiger partial charge in [-0.05, 0) is 38.3 Å². The first kappa shape index (κ1) is 12.4. The van der Waals surface area contributed by atoms with E-state index in [1.54, 1.807) is 0 Å². The highest BCUT2D eigenvalue weighted by Gasteiger charge is 2.34. The summed E-state index contributed by atoms with van der Waals surface area (Å²) in [7, 11) is 0. The van der Waals surface area contributed by atoms with Crippen LogP contribution < -0.4 is 5.32 Å². The molecule has 3 heteroatoms. The summed E-state index contributed by atoms with van der Waals surface area (Å²) < 4.78 is 5.89. The minimum atomic E-state index is 0.710. The van der Waals surface area contributed by atoms with E-state index in [2.05, 4.69) is 35.3 Å². The van der Waals surface area contributed by atoms with Gasteiger partial charge >= 0.3 is 0 Å². The molecule has 1 aromatic carbocycles. The zero-order chi connectivity index (χ0) is 13.5. The van der Waals surface area contributed by atoms with Crippen molar-refractivity contribution >= 4 is 11.0 Å². The van der Waals surface area contributed by atoms with Crippen molar-refractivity contribution in [2.45, 2.75) is 32.4 Å². The summed E-state index contributed by atoms with van der Waals surface area (Å²) in [6.45, 7) is 6.73. The predicted molar refractivity (Wildman–Crippen MR) is 80.7 cm³/mol. The van der Waals surface area contributed by atoms with Gasteiger partial charge in [0.25, 0.3) is 0 Å². The Balaban J connectivity index is 1.57. The van der Waals surface area contributed by atoms with Gasteiger partial charge in [-0.25, -0.2) is 0 Å². The van der Waals surface area contributed by atoms with E-state index in [0.717, 1.165) is 23.8 Å². The number of para-hydroxylation sites is 1. The monoisotopic (exact) mass is 270 g/mol. The second kappa shape index (κ2) is 4.90. The Hall–Kier alpha value is -1.32. The molecule has 0 radical (unpaired) electrons. The molecule has 0 spiro atoms. The third-order valence-electron chi connectivity index (χ3n) is 4.96. The molecule has 4 rings (SSSR count). The number of hydrogen-bond donors (Lipinski definition) is 1. The lowest BCUT2D eigenvalue weighted by atomic mass is 9.94. The Kier molecular flexibility index (Phi) is 3.04. The summed E-state index contributed by atoms with van der Waals surface area (Å²) in [6, 6.07) is 9.11. The second-order valence-electron chi connectivity index (χ2n) is 6.29. The first-order chi connectivity index (χ1) is 9.81. The molecule has 2 fully saturated rings. The number of benzene rings is 1. The molecule has 2 atom stereocenters. The topological polar surface area (TPSA) is 28.4 Å². The zero-order valence-electron chi connectivity index (χ0n) is 12.1. The molecule has 3 nitrogen and oxygen atoms in total. The van der Waals surface area contributed by atoms with Gasteiger partial charge in [-0.3, -0.25) is 4.90 Å². The van der Waals surface area contributed by atoms with Crippen LogP contribution in [0.3, 0.4) is 0 Å². The van der Waals surface area contributed by atoms with Crippen LogP contribution in [0.15, 0.2) is 28.7 Å². The van der Waals surface area contributed by atoms with Crippen LogP contribution in [0.4, 0.5) is 0 Å². The molecule has 2 unspecified atom stereocenters. The Labute approximate surface area is 119 Å². The van der Waals surface area contributed by atoms with Gasteiger partial charge in [0.05, 0.1) is 0 Å². The van der Waals surface area contributed by atoms with Gasteiger partial charge in [-0.15, -0.1) is 0 Å². The molecular weight excluding hydrogens is 248 g/mol. The van der Waals surface area contributed by atoms with Crippen LogP contribution in [-0.4, -0.2) is 30.6 Å². The summed E-state index contributed by atoms with van der Waals surface area (Å²) in [5.41, 5.74) is 2.40. The minimum Gasteiger partial charge on any atom is -0.461 e. The molecule has 1 aromatic heterocycles. The molecular formula is C17H22N2O. The van der Waals surface area contributed by atoms with Crippen molar-refractivity contribution in [3.8, 4) is 0 Å². The molecule has 2 aliphatic heterocycles. The average Bonchev–Trinajstić information content (AvgIpc) is 3.00.